The minimum Gasteiger partial charge on any atom is -0.476 e. The van der Waals surface area contributed by atoms with Gasteiger partial charge in [-0.05, 0) is 50.1 Å². The SMILES string of the molecule is CC1(c2cc(Oc3ccccc3)ccc2-c2ocnc2C(=O)O)OCCCCO1. The third kappa shape index (κ3) is 4.01. The van der Waals surface area contributed by atoms with Crippen LogP contribution in [0.25, 0.3) is 11.3 Å². The molecule has 7 nitrogen and oxygen atoms in total. The second kappa shape index (κ2) is 8.06. The first-order chi connectivity index (χ1) is 14.1. The summed E-state index contributed by atoms with van der Waals surface area (Å²) in [5, 5.41) is 9.47. The highest BCUT2D eigenvalue weighted by atomic mass is 16.7. The van der Waals surface area contributed by atoms with Gasteiger partial charge in [0.25, 0.3) is 0 Å². The van der Waals surface area contributed by atoms with Crippen LogP contribution in [0.3, 0.4) is 0 Å². The quantitative estimate of drug-likeness (QED) is 0.661. The van der Waals surface area contributed by atoms with E-state index in [1.165, 1.54) is 0 Å². The van der Waals surface area contributed by atoms with Crippen LogP contribution in [0.15, 0.2) is 59.3 Å². The zero-order valence-electron chi connectivity index (χ0n) is 16.0. The predicted molar refractivity (Wildman–Crippen MR) is 104 cm³/mol. The Labute approximate surface area is 167 Å². The maximum Gasteiger partial charge on any atom is 0.358 e. The van der Waals surface area contributed by atoms with Crippen LogP contribution in [0.2, 0.25) is 0 Å². The molecular weight excluding hydrogens is 374 g/mol. The highest BCUT2D eigenvalue weighted by Crippen LogP contribution is 2.40. The number of ether oxygens (including phenoxy) is 3. The monoisotopic (exact) mass is 395 g/mol. The highest BCUT2D eigenvalue weighted by Gasteiger charge is 2.35. The first kappa shape index (κ1) is 19.2. The molecule has 0 atom stereocenters. The molecule has 1 saturated heterocycles. The lowest BCUT2D eigenvalue weighted by atomic mass is 9.97. The molecule has 0 spiro atoms. The largest absolute Gasteiger partial charge is 0.476 e. The van der Waals surface area contributed by atoms with Crippen LogP contribution in [-0.2, 0) is 15.3 Å². The van der Waals surface area contributed by atoms with E-state index in [0.29, 0.717) is 35.8 Å². The maximum absolute atomic E-state index is 11.6. The molecule has 0 unspecified atom stereocenters. The number of carboxylic acids is 1. The number of nitrogens with zero attached hydrogens (tertiary/aromatic N) is 1. The molecule has 29 heavy (non-hydrogen) atoms. The molecule has 3 aromatic rings. The Hall–Kier alpha value is -3.16. The third-order valence-corrected chi connectivity index (χ3v) is 4.77. The Balaban J connectivity index is 1.82. The maximum atomic E-state index is 11.6. The van der Waals surface area contributed by atoms with Gasteiger partial charge in [0, 0.05) is 11.1 Å². The molecule has 150 valence electrons. The van der Waals surface area contributed by atoms with Crippen molar-refractivity contribution in [2.24, 2.45) is 0 Å². The highest BCUT2D eigenvalue weighted by molar-refractivity contribution is 5.92. The molecule has 4 rings (SSSR count). The molecule has 1 aliphatic rings. The summed E-state index contributed by atoms with van der Waals surface area (Å²) in [6.07, 6.45) is 2.88. The number of benzene rings is 2. The van der Waals surface area contributed by atoms with Gasteiger partial charge in [-0.15, -0.1) is 0 Å². The van der Waals surface area contributed by atoms with Crippen LogP contribution in [0.1, 0.15) is 35.8 Å². The van der Waals surface area contributed by atoms with Crippen molar-refractivity contribution in [2.45, 2.75) is 25.6 Å². The lowest BCUT2D eigenvalue weighted by Gasteiger charge is -2.30. The lowest BCUT2D eigenvalue weighted by molar-refractivity contribution is -0.221. The zero-order valence-corrected chi connectivity index (χ0v) is 16.0. The topological polar surface area (TPSA) is 91.0 Å². The normalized spacial score (nSPS) is 16.2. The van der Waals surface area contributed by atoms with E-state index in [4.69, 9.17) is 18.6 Å². The molecule has 0 radical (unpaired) electrons. The van der Waals surface area contributed by atoms with Crippen molar-refractivity contribution in [3.63, 3.8) is 0 Å². The molecule has 0 aliphatic carbocycles. The molecule has 1 fully saturated rings. The Morgan fingerprint density at radius 2 is 1.79 bits per heavy atom. The third-order valence-electron chi connectivity index (χ3n) is 4.77. The minimum atomic E-state index is -1.17. The summed E-state index contributed by atoms with van der Waals surface area (Å²) >= 11 is 0. The first-order valence-electron chi connectivity index (χ1n) is 9.39. The van der Waals surface area contributed by atoms with Crippen LogP contribution < -0.4 is 4.74 Å². The summed E-state index contributed by atoms with van der Waals surface area (Å²) in [5.41, 5.74) is 0.983. The van der Waals surface area contributed by atoms with Gasteiger partial charge < -0.3 is 23.7 Å². The van der Waals surface area contributed by atoms with Gasteiger partial charge in [0.15, 0.2) is 23.6 Å². The fourth-order valence-electron chi connectivity index (χ4n) is 3.31. The van der Waals surface area contributed by atoms with E-state index >= 15 is 0 Å². The first-order valence-corrected chi connectivity index (χ1v) is 9.39. The molecule has 7 heteroatoms. The average Bonchev–Trinajstić information content (AvgIpc) is 3.11. The molecule has 0 bridgehead atoms. The van der Waals surface area contributed by atoms with E-state index in [0.717, 1.165) is 19.2 Å². The number of aromatic nitrogens is 1. The fourth-order valence-corrected chi connectivity index (χ4v) is 3.31. The van der Waals surface area contributed by atoms with E-state index in [1.807, 2.05) is 37.3 Å². The van der Waals surface area contributed by atoms with E-state index < -0.39 is 11.8 Å². The molecule has 2 aromatic carbocycles. The van der Waals surface area contributed by atoms with Crippen LogP contribution in [0.4, 0.5) is 0 Å². The predicted octanol–water partition coefficient (Wildman–Crippen LogP) is 4.83. The zero-order chi connectivity index (χ0) is 20.3. The number of para-hydroxylation sites is 1. The number of carbonyl (C=O) groups is 1. The second-order valence-electron chi connectivity index (χ2n) is 6.81. The van der Waals surface area contributed by atoms with Gasteiger partial charge in [-0.3, -0.25) is 0 Å². The summed E-state index contributed by atoms with van der Waals surface area (Å²) in [6, 6.07) is 14.7. The molecule has 1 aliphatic heterocycles. The van der Waals surface area contributed by atoms with Crippen molar-refractivity contribution in [1.29, 1.82) is 0 Å². The Bertz CT molecular complexity index is 990. The Morgan fingerprint density at radius 3 is 2.48 bits per heavy atom. The standard InChI is InChI=1S/C22H21NO6/c1-22(27-11-5-6-12-28-22)18-13-16(29-15-7-3-2-4-8-15)9-10-17(18)20-19(21(24)25)23-14-26-20/h2-4,7-10,13-14H,5-6,11-12H2,1H3,(H,24,25). The molecule has 0 amide bonds. The number of hydrogen-bond donors (Lipinski definition) is 1. The number of hydrogen-bond acceptors (Lipinski definition) is 6. The summed E-state index contributed by atoms with van der Waals surface area (Å²) in [5.74, 6) is -0.840. The smallest absolute Gasteiger partial charge is 0.358 e. The Morgan fingerprint density at radius 1 is 1.07 bits per heavy atom. The summed E-state index contributed by atoms with van der Waals surface area (Å²) in [4.78, 5) is 15.4. The van der Waals surface area contributed by atoms with Crippen molar-refractivity contribution in [1.82, 2.24) is 4.98 Å². The van der Waals surface area contributed by atoms with Gasteiger partial charge in [-0.2, -0.15) is 0 Å². The molecule has 1 aromatic heterocycles. The van der Waals surface area contributed by atoms with Crippen molar-refractivity contribution >= 4 is 5.97 Å². The van der Waals surface area contributed by atoms with Gasteiger partial charge in [0.05, 0.1) is 13.2 Å². The van der Waals surface area contributed by atoms with E-state index in [9.17, 15) is 9.90 Å². The van der Waals surface area contributed by atoms with E-state index in [-0.39, 0.29) is 11.5 Å². The number of aromatic carboxylic acids is 1. The van der Waals surface area contributed by atoms with Gasteiger partial charge in [0.1, 0.15) is 11.5 Å². The summed E-state index contributed by atoms with van der Waals surface area (Å²) < 4.78 is 23.5. The molecule has 1 N–H and O–H groups in total. The van der Waals surface area contributed by atoms with Gasteiger partial charge in [-0.25, -0.2) is 9.78 Å². The van der Waals surface area contributed by atoms with Crippen LogP contribution in [0.5, 0.6) is 11.5 Å². The van der Waals surface area contributed by atoms with E-state index in [1.54, 1.807) is 18.2 Å². The summed E-state index contributed by atoms with van der Waals surface area (Å²) in [7, 11) is 0. The van der Waals surface area contributed by atoms with Crippen molar-refractivity contribution in [3.05, 3.63) is 66.2 Å². The van der Waals surface area contributed by atoms with Crippen LogP contribution >= 0.6 is 0 Å². The van der Waals surface area contributed by atoms with Crippen LogP contribution in [-0.4, -0.2) is 29.3 Å². The number of rotatable bonds is 5. The molecular formula is C22H21NO6. The Kier molecular flexibility index (Phi) is 5.33. The molecule has 2 heterocycles. The fraction of sp³-hybridized carbons (Fsp3) is 0.273. The van der Waals surface area contributed by atoms with Crippen molar-refractivity contribution in [2.75, 3.05) is 13.2 Å². The van der Waals surface area contributed by atoms with Gasteiger partial charge in [-0.1, -0.05) is 18.2 Å². The van der Waals surface area contributed by atoms with Crippen molar-refractivity contribution < 1.29 is 28.5 Å². The van der Waals surface area contributed by atoms with Gasteiger partial charge in [0.2, 0.25) is 0 Å². The number of carboxylic acid groups (broad SMARTS) is 1. The summed E-state index contributed by atoms with van der Waals surface area (Å²) in [6.45, 7) is 2.88. The van der Waals surface area contributed by atoms with Gasteiger partial charge >= 0.3 is 5.97 Å². The number of oxazole rings is 1. The average molecular weight is 395 g/mol. The van der Waals surface area contributed by atoms with Crippen LogP contribution in [0, 0.1) is 0 Å². The van der Waals surface area contributed by atoms with E-state index in [2.05, 4.69) is 4.98 Å². The second-order valence-corrected chi connectivity index (χ2v) is 6.81. The lowest BCUT2D eigenvalue weighted by Crippen LogP contribution is -2.29. The molecule has 0 saturated carbocycles. The minimum absolute atomic E-state index is 0.149. The van der Waals surface area contributed by atoms with Crippen molar-refractivity contribution in [3.8, 4) is 22.8 Å².